The van der Waals surface area contributed by atoms with Crippen LogP contribution in [0.4, 0.5) is 13.2 Å². The van der Waals surface area contributed by atoms with E-state index in [0.29, 0.717) is 36.8 Å². The number of ether oxygens (including phenoxy) is 1. The van der Waals surface area contributed by atoms with Crippen LogP contribution in [0, 0.1) is 17.5 Å². The highest BCUT2D eigenvalue weighted by Gasteiger charge is 2.44. The molecule has 1 fully saturated rings. The number of halogens is 3. The number of benzene rings is 1. The van der Waals surface area contributed by atoms with E-state index in [1.54, 1.807) is 22.5 Å². The van der Waals surface area contributed by atoms with Crippen LogP contribution in [0.1, 0.15) is 53.5 Å². The molecule has 1 amide bonds. The lowest BCUT2D eigenvalue weighted by Crippen LogP contribution is -2.50. The third-order valence-corrected chi connectivity index (χ3v) is 6.89. The molecule has 2 atom stereocenters. The minimum absolute atomic E-state index is 0.0820. The fourth-order valence-electron chi connectivity index (χ4n) is 5.51. The number of aryl methyl sites for hydroxylation is 2. The first-order chi connectivity index (χ1) is 15.9. The SMILES string of the molecule is Cn1nc2c(c1-c1cc(F)c(F)c(F)c1)C[C@H]1CCC[C@H]2N1C(=O)c1cc2n(n1)CCCO2. The van der Waals surface area contributed by atoms with Gasteiger partial charge in [-0.25, -0.2) is 17.9 Å². The lowest BCUT2D eigenvalue weighted by atomic mass is 9.81. The van der Waals surface area contributed by atoms with E-state index in [2.05, 4.69) is 10.2 Å². The molecule has 7 nitrogen and oxygen atoms in total. The summed E-state index contributed by atoms with van der Waals surface area (Å²) in [6, 6.07) is 3.36. The molecule has 0 spiro atoms. The van der Waals surface area contributed by atoms with E-state index >= 15 is 0 Å². The van der Waals surface area contributed by atoms with Gasteiger partial charge in [0, 0.05) is 43.2 Å². The summed E-state index contributed by atoms with van der Waals surface area (Å²) in [6.07, 6.45) is 3.86. The molecule has 2 aromatic heterocycles. The number of fused-ring (bicyclic) bond motifs is 5. The minimum atomic E-state index is -1.49. The zero-order valence-electron chi connectivity index (χ0n) is 18.0. The third-order valence-electron chi connectivity index (χ3n) is 6.89. The normalized spacial score (nSPS) is 21.4. The molecule has 0 radical (unpaired) electrons. The number of carbonyl (C=O) groups is 1. The number of nitrogens with zero attached hydrogens (tertiary/aromatic N) is 5. The van der Waals surface area contributed by atoms with E-state index in [4.69, 9.17) is 4.74 Å². The van der Waals surface area contributed by atoms with Gasteiger partial charge >= 0.3 is 0 Å². The maximum Gasteiger partial charge on any atom is 0.275 e. The lowest BCUT2D eigenvalue weighted by molar-refractivity contribution is 0.0385. The van der Waals surface area contributed by atoms with Crippen LogP contribution in [0.25, 0.3) is 11.3 Å². The van der Waals surface area contributed by atoms with Crippen molar-refractivity contribution in [2.24, 2.45) is 7.05 Å². The van der Waals surface area contributed by atoms with Gasteiger partial charge in [0.05, 0.1) is 24.0 Å². The van der Waals surface area contributed by atoms with Crippen molar-refractivity contribution in [3.63, 3.8) is 0 Å². The van der Waals surface area contributed by atoms with E-state index in [9.17, 15) is 18.0 Å². The Balaban J connectivity index is 1.40. The van der Waals surface area contributed by atoms with Crippen LogP contribution >= 0.6 is 0 Å². The van der Waals surface area contributed by atoms with Crippen molar-refractivity contribution in [2.45, 2.75) is 50.7 Å². The van der Waals surface area contributed by atoms with Gasteiger partial charge in [0.25, 0.3) is 5.91 Å². The Morgan fingerprint density at radius 3 is 2.64 bits per heavy atom. The zero-order valence-corrected chi connectivity index (χ0v) is 18.0. The predicted molar refractivity (Wildman–Crippen MR) is 111 cm³/mol. The van der Waals surface area contributed by atoms with E-state index < -0.39 is 17.5 Å². The molecule has 2 bridgehead atoms. The third kappa shape index (κ3) is 3.07. The van der Waals surface area contributed by atoms with Crippen LogP contribution in [0.15, 0.2) is 18.2 Å². The van der Waals surface area contributed by atoms with Crippen molar-refractivity contribution in [2.75, 3.05) is 6.61 Å². The van der Waals surface area contributed by atoms with Crippen LogP contribution in [0.3, 0.4) is 0 Å². The van der Waals surface area contributed by atoms with Crippen molar-refractivity contribution in [3.8, 4) is 17.1 Å². The van der Waals surface area contributed by atoms with E-state index in [1.165, 1.54) is 0 Å². The summed E-state index contributed by atoms with van der Waals surface area (Å²) in [6.45, 7) is 1.33. The summed E-state index contributed by atoms with van der Waals surface area (Å²) in [5.74, 6) is -3.52. The molecule has 10 heteroatoms. The average molecular weight is 457 g/mol. The van der Waals surface area contributed by atoms with E-state index in [1.807, 2.05) is 4.90 Å². The number of rotatable bonds is 2. The summed E-state index contributed by atoms with van der Waals surface area (Å²) < 4.78 is 50.4. The lowest BCUT2D eigenvalue weighted by Gasteiger charge is -2.45. The molecule has 0 aliphatic carbocycles. The monoisotopic (exact) mass is 457 g/mol. The topological polar surface area (TPSA) is 65.2 Å². The van der Waals surface area contributed by atoms with Crippen molar-refractivity contribution in [1.82, 2.24) is 24.5 Å². The predicted octanol–water partition coefficient (Wildman–Crippen LogP) is 3.78. The molecule has 0 saturated carbocycles. The molecular weight excluding hydrogens is 435 g/mol. The fourth-order valence-corrected chi connectivity index (χ4v) is 5.51. The van der Waals surface area contributed by atoms with E-state index in [-0.39, 0.29) is 23.6 Å². The summed E-state index contributed by atoms with van der Waals surface area (Å²) >= 11 is 0. The Hall–Kier alpha value is -3.30. The Morgan fingerprint density at radius 1 is 1.09 bits per heavy atom. The molecule has 1 saturated heterocycles. The van der Waals surface area contributed by atoms with Gasteiger partial charge in [-0.05, 0) is 37.8 Å². The first-order valence-corrected chi connectivity index (χ1v) is 11.2. The number of hydrogen-bond donors (Lipinski definition) is 0. The molecule has 33 heavy (non-hydrogen) atoms. The maximum atomic E-state index is 14.0. The van der Waals surface area contributed by atoms with Crippen LogP contribution < -0.4 is 4.74 Å². The number of amides is 1. The molecule has 3 aromatic rings. The molecule has 0 N–H and O–H groups in total. The second kappa shape index (κ2) is 7.36. The standard InChI is InChI=1S/C23H22F3N5O2/c1-29-22(12-8-15(24)20(26)16(25)9-12)14-10-13-4-2-5-18(21(14)28-29)31(13)23(32)17-11-19-30(27-17)6-3-7-33-19/h8-9,11,13,18H,2-7,10H2,1H3/t13-,18-/m1/s1. The second-order valence-electron chi connectivity index (χ2n) is 8.90. The molecule has 6 rings (SSSR count). The van der Waals surface area contributed by atoms with Crippen LogP contribution in [0.2, 0.25) is 0 Å². The van der Waals surface area contributed by atoms with Crippen LogP contribution in [-0.4, -0.2) is 43.0 Å². The zero-order chi connectivity index (χ0) is 22.9. The summed E-state index contributed by atoms with van der Waals surface area (Å²) in [7, 11) is 1.70. The van der Waals surface area contributed by atoms with Gasteiger partial charge in [0.15, 0.2) is 23.1 Å². The molecule has 172 valence electrons. The molecular formula is C23H22F3N5O2. The molecule has 5 heterocycles. The molecule has 1 aromatic carbocycles. The second-order valence-corrected chi connectivity index (χ2v) is 8.90. The fraction of sp³-hybridized carbons (Fsp3) is 0.435. The first-order valence-electron chi connectivity index (χ1n) is 11.2. The van der Waals surface area contributed by atoms with Crippen molar-refractivity contribution >= 4 is 5.91 Å². The summed E-state index contributed by atoms with van der Waals surface area (Å²) in [5, 5.41) is 9.12. The number of piperidine rings is 1. The van der Waals surface area contributed by atoms with E-state index in [0.717, 1.165) is 49.1 Å². The Kier molecular flexibility index (Phi) is 4.53. The highest BCUT2D eigenvalue weighted by molar-refractivity contribution is 5.93. The van der Waals surface area contributed by atoms with Crippen LogP contribution in [-0.2, 0) is 20.0 Å². The van der Waals surface area contributed by atoms with Gasteiger partial charge in [-0.15, -0.1) is 0 Å². The molecule has 0 unspecified atom stereocenters. The number of aromatic nitrogens is 4. The molecule has 3 aliphatic heterocycles. The van der Waals surface area contributed by atoms with Gasteiger partial charge in [-0.3, -0.25) is 9.48 Å². The number of hydrogen-bond acceptors (Lipinski definition) is 4. The minimum Gasteiger partial charge on any atom is -0.478 e. The largest absolute Gasteiger partial charge is 0.478 e. The van der Waals surface area contributed by atoms with Gasteiger partial charge in [0.2, 0.25) is 5.88 Å². The van der Waals surface area contributed by atoms with Gasteiger partial charge in [-0.1, -0.05) is 0 Å². The Morgan fingerprint density at radius 2 is 1.88 bits per heavy atom. The van der Waals surface area contributed by atoms with Gasteiger partial charge < -0.3 is 9.64 Å². The first kappa shape index (κ1) is 20.3. The summed E-state index contributed by atoms with van der Waals surface area (Å²) in [5.41, 5.74) is 2.72. The van der Waals surface area contributed by atoms with Crippen molar-refractivity contribution < 1.29 is 22.7 Å². The van der Waals surface area contributed by atoms with Gasteiger partial charge in [-0.2, -0.15) is 10.2 Å². The molecule has 3 aliphatic rings. The van der Waals surface area contributed by atoms with Crippen molar-refractivity contribution in [1.29, 1.82) is 0 Å². The quantitative estimate of drug-likeness (QED) is 0.550. The summed E-state index contributed by atoms with van der Waals surface area (Å²) in [4.78, 5) is 15.4. The maximum absolute atomic E-state index is 14.0. The smallest absolute Gasteiger partial charge is 0.275 e. The van der Waals surface area contributed by atoms with Gasteiger partial charge in [0.1, 0.15) is 0 Å². The Bertz CT molecular complexity index is 1240. The average Bonchev–Trinajstić information content (AvgIpc) is 3.37. The highest BCUT2D eigenvalue weighted by Crippen LogP contribution is 2.45. The number of carbonyl (C=O) groups excluding carboxylic acids is 1. The van der Waals surface area contributed by atoms with Crippen LogP contribution in [0.5, 0.6) is 5.88 Å². The highest BCUT2D eigenvalue weighted by atomic mass is 19.2. The Labute approximate surface area is 187 Å². The van der Waals surface area contributed by atoms with Crippen molar-refractivity contribution in [3.05, 3.63) is 52.6 Å².